The molecule has 0 unspecified atom stereocenters. The fraction of sp³-hybridized carbons (Fsp3) is 0.316. The predicted octanol–water partition coefficient (Wildman–Crippen LogP) is 0.837. The zero-order chi connectivity index (χ0) is 19.7. The van der Waals surface area contributed by atoms with Crippen molar-refractivity contribution in [2.24, 2.45) is 7.05 Å². The molecule has 28 heavy (non-hydrogen) atoms. The summed E-state index contributed by atoms with van der Waals surface area (Å²) in [6, 6.07) is 9.16. The Labute approximate surface area is 161 Å². The van der Waals surface area contributed by atoms with Crippen molar-refractivity contribution in [3.8, 4) is 0 Å². The van der Waals surface area contributed by atoms with E-state index in [1.807, 2.05) is 37.4 Å². The first kappa shape index (κ1) is 17.9. The van der Waals surface area contributed by atoms with E-state index in [1.54, 1.807) is 22.8 Å². The van der Waals surface area contributed by atoms with Gasteiger partial charge in [0.1, 0.15) is 11.9 Å². The molecule has 0 saturated heterocycles. The van der Waals surface area contributed by atoms with Crippen molar-refractivity contribution in [2.75, 3.05) is 11.9 Å². The van der Waals surface area contributed by atoms with Gasteiger partial charge in [0.2, 0.25) is 11.7 Å². The molecule has 0 aliphatic carbocycles. The molecule has 4 rings (SSSR count). The molecule has 1 atom stereocenters. The predicted molar refractivity (Wildman–Crippen MR) is 102 cm³/mol. The van der Waals surface area contributed by atoms with Crippen molar-refractivity contribution >= 4 is 17.5 Å². The zero-order valence-corrected chi connectivity index (χ0v) is 15.7. The molecule has 1 aromatic carbocycles. The van der Waals surface area contributed by atoms with Gasteiger partial charge in [0.15, 0.2) is 0 Å². The minimum atomic E-state index is -0.638. The number of aromatic nitrogens is 5. The topological polar surface area (TPSA) is 109 Å². The second-order valence-corrected chi connectivity index (χ2v) is 6.83. The first-order valence-corrected chi connectivity index (χ1v) is 9.07. The number of aromatic amines is 1. The molecule has 1 aliphatic rings. The van der Waals surface area contributed by atoms with E-state index in [0.717, 1.165) is 16.9 Å². The van der Waals surface area contributed by atoms with Crippen LogP contribution < -0.4 is 10.2 Å². The van der Waals surface area contributed by atoms with Crippen molar-refractivity contribution < 1.29 is 9.59 Å². The van der Waals surface area contributed by atoms with E-state index in [-0.39, 0.29) is 11.7 Å². The Hall–Kier alpha value is -3.49. The molecule has 2 N–H and O–H groups in total. The lowest BCUT2D eigenvalue weighted by atomic mass is 10.1. The molecule has 1 aliphatic heterocycles. The Morgan fingerprint density at radius 1 is 1.29 bits per heavy atom. The maximum Gasteiger partial charge on any atom is 0.291 e. The monoisotopic (exact) mass is 379 g/mol. The van der Waals surface area contributed by atoms with Crippen LogP contribution in [0.3, 0.4) is 0 Å². The van der Waals surface area contributed by atoms with E-state index in [1.165, 1.54) is 0 Å². The smallest absolute Gasteiger partial charge is 0.291 e. The molecule has 2 aromatic heterocycles. The van der Waals surface area contributed by atoms with E-state index in [9.17, 15) is 9.59 Å². The highest BCUT2D eigenvalue weighted by molar-refractivity contribution is 6.01. The Morgan fingerprint density at radius 2 is 2.07 bits per heavy atom. The highest BCUT2D eigenvalue weighted by Gasteiger charge is 2.31. The number of likely N-dealkylation sites (N-methyl/N-ethyl adjacent to an activating group) is 1. The van der Waals surface area contributed by atoms with Gasteiger partial charge in [-0.25, -0.2) is 4.98 Å². The molecule has 0 saturated carbocycles. The molecular weight excluding hydrogens is 358 g/mol. The van der Waals surface area contributed by atoms with Crippen molar-refractivity contribution in [3.63, 3.8) is 0 Å². The van der Waals surface area contributed by atoms with Crippen LogP contribution in [0.4, 0.5) is 5.69 Å². The summed E-state index contributed by atoms with van der Waals surface area (Å²) in [5, 5.41) is 13.8. The summed E-state index contributed by atoms with van der Waals surface area (Å²) < 4.78 is 1.76. The van der Waals surface area contributed by atoms with Gasteiger partial charge >= 0.3 is 0 Å². The fourth-order valence-electron chi connectivity index (χ4n) is 3.40. The van der Waals surface area contributed by atoms with E-state index in [0.29, 0.717) is 25.1 Å². The molecular formula is C19H21N7O2. The van der Waals surface area contributed by atoms with Gasteiger partial charge in [-0.05, 0) is 18.4 Å². The minimum Gasteiger partial charge on any atom is -0.337 e. The largest absolute Gasteiger partial charge is 0.337 e. The van der Waals surface area contributed by atoms with Crippen LogP contribution in [0.1, 0.15) is 34.1 Å². The zero-order valence-electron chi connectivity index (χ0n) is 15.7. The van der Waals surface area contributed by atoms with Crippen LogP contribution in [0.2, 0.25) is 0 Å². The first-order valence-electron chi connectivity index (χ1n) is 9.07. The van der Waals surface area contributed by atoms with Crippen molar-refractivity contribution in [3.05, 3.63) is 59.4 Å². The minimum absolute atomic E-state index is 0.0322. The number of hydrogen-bond donors (Lipinski definition) is 2. The van der Waals surface area contributed by atoms with E-state index in [4.69, 9.17) is 0 Å². The standard InChI is InChI=1S/C19H21N7O2/c1-25-15-11-20-26(2)14(15)9-8-13(19(25)28)21-18(27)17-22-16(23-24-17)10-12-6-4-3-5-7-12/h3-7,11,13H,8-10H2,1-2H3,(H,21,27)(H,22,23,24)/t13-/m0/s1. The average Bonchev–Trinajstić information content (AvgIpc) is 3.28. The quantitative estimate of drug-likeness (QED) is 0.698. The third-order valence-electron chi connectivity index (χ3n) is 4.95. The highest BCUT2D eigenvalue weighted by atomic mass is 16.2. The number of nitrogens with one attached hydrogen (secondary N) is 2. The number of benzene rings is 1. The maximum atomic E-state index is 12.8. The third kappa shape index (κ3) is 3.38. The Balaban J connectivity index is 1.44. The lowest BCUT2D eigenvalue weighted by molar-refractivity contribution is -0.120. The van der Waals surface area contributed by atoms with E-state index >= 15 is 0 Å². The van der Waals surface area contributed by atoms with Gasteiger partial charge in [0.05, 0.1) is 17.6 Å². The Bertz CT molecular complexity index is 1010. The highest BCUT2D eigenvalue weighted by Crippen LogP contribution is 2.25. The SMILES string of the molecule is CN1C(=O)[C@@H](NC(=O)c2n[nH]c(Cc3ccccc3)n2)CCc2c1cnn2C. The van der Waals surface area contributed by atoms with E-state index in [2.05, 4.69) is 25.6 Å². The van der Waals surface area contributed by atoms with Gasteiger partial charge in [-0.3, -0.25) is 19.4 Å². The summed E-state index contributed by atoms with van der Waals surface area (Å²) >= 11 is 0. The molecule has 3 heterocycles. The number of aryl methyl sites for hydroxylation is 1. The number of nitrogens with zero attached hydrogens (tertiary/aromatic N) is 5. The number of carbonyl (C=O) groups excluding carboxylic acids is 2. The van der Waals surface area contributed by atoms with Crippen LogP contribution >= 0.6 is 0 Å². The lowest BCUT2D eigenvalue weighted by Crippen LogP contribution is -2.47. The molecule has 0 bridgehead atoms. The lowest BCUT2D eigenvalue weighted by Gasteiger charge is -2.20. The second-order valence-electron chi connectivity index (χ2n) is 6.83. The van der Waals surface area contributed by atoms with Crippen LogP contribution in [0, 0.1) is 0 Å². The maximum absolute atomic E-state index is 12.8. The number of fused-ring (bicyclic) bond motifs is 1. The van der Waals surface area contributed by atoms with Gasteiger partial charge in [0.25, 0.3) is 5.91 Å². The van der Waals surface area contributed by atoms with Crippen LogP contribution in [0.15, 0.2) is 36.5 Å². The van der Waals surface area contributed by atoms with Gasteiger partial charge in [-0.2, -0.15) is 5.10 Å². The Morgan fingerprint density at radius 3 is 2.86 bits per heavy atom. The summed E-state index contributed by atoms with van der Waals surface area (Å²) in [5.74, 6) is -0.0181. The van der Waals surface area contributed by atoms with Crippen LogP contribution in [-0.2, 0) is 24.7 Å². The number of carbonyl (C=O) groups is 2. The first-order chi connectivity index (χ1) is 13.5. The molecule has 9 nitrogen and oxygen atoms in total. The van der Waals surface area contributed by atoms with Gasteiger partial charge in [-0.15, -0.1) is 5.10 Å². The Kier molecular flexibility index (Phi) is 4.64. The van der Waals surface area contributed by atoms with Gasteiger partial charge in [-0.1, -0.05) is 30.3 Å². The normalized spacial score (nSPS) is 16.6. The summed E-state index contributed by atoms with van der Waals surface area (Å²) in [6.07, 6.45) is 3.35. The molecule has 0 radical (unpaired) electrons. The van der Waals surface area contributed by atoms with Crippen LogP contribution in [-0.4, -0.2) is 49.9 Å². The molecule has 9 heteroatoms. The molecule has 144 valence electrons. The summed E-state index contributed by atoms with van der Waals surface area (Å²) in [4.78, 5) is 31.1. The molecule has 0 spiro atoms. The summed E-state index contributed by atoms with van der Waals surface area (Å²) in [6.45, 7) is 0. The van der Waals surface area contributed by atoms with Crippen molar-refractivity contribution in [2.45, 2.75) is 25.3 Å². The number of rotatable bonds is 4. The van der Waals surface area contributed by atoms with Crippen LogP contribution in [0.25, 0.3) is 0 Å². The average molecular weight is 379 g/mol. The molecule has 2 amide bonds. The molecule has 3 aromatic rings. The van der Waals surface area contributed by atoms with E-state index < -0.39 is 11.9 Å². The van der Waals surface area contributed by atoms with Crippen molar-refractivity contribution in [1.82, 2.24) is 30.3 Å². The number of H-pyrrole nitrogens is 1. The number of amides is 2. The number of hydrogen-bond acceptors (Lipinski definition) is 5. The fourth-order valence-corrected chi connectivity index (χ4v) is 3.40. The number of anilines is 1. The summed E-state index contributed by atoms with van der Waals surface area (Å²) in [7, 11) is 3.54. The summed E-state index contributed by atoms with van der Waals surface area (Å²) in [5.41, 5.74) is 2.81. The van der Waals surface area contributed by atoms with Gasteiger partial charge in [0, 0.05) is 20.5 Å². The second kappa shape index (κ2) is 7.26. The van der Waals surface area contributed by atoms with Crippen LogP contribution in [0.5, 0.6) is 0 Å². The van der Waals surface area contributed by atoms with Gasteiger partial charge < -0.3 is 10.2 Å². The third-order valence-corrected chi connectivity index (χ3v) is 4.95. The van der Waals surface area contributed by atoms with Crippen molar-refractivity contribution in [1.29, 1.82) is 0 Å². The molecule has 0 fully saturated rings.